The molecule has 1 aromatic carbocycles. The Balaban J connectivity index is 1.88. The van der Waals surface area contributed by atoms with Gasteiger partial charge in [0.25, 0.3) is 0 Å². The highest BCUT2D eigenvalue weighted by atomic mass is 35.5. The Bertz CT molecular complexity index is 942. The van der Waals surface area contributed by atoms with Gasteiger partial charge in [-0.1, -0.05) is 25.4 Å². The SMILES string of the molecule is CN=C(Nc1cc(C)c(Oc2snc(C3(Cl)CC3)c2C#N)cc1Cl)C(C)C. The minimum absolute atomic E-state index is 0.251. The summed E-state index contributed by atoms with van der Waals surface area (Å²) in [7, 11) is 1.74. The molecule has 1 aliphatic carbocycles. The van der Waals surface area contributed by atoms with Crippen molar-refractivity contribution in [2.75, 3.05) is 12.4 Å². The van der Waals surface area contributed by atoms with Crippen molar-refractivity contribution < 1.29 is 4.74 Å². The van der Waals surface area contributed by atoms with Gasteiger partial charge in [0, 0.05) is 30.6 Å². The second-order valence-corrected chi connectivity index (χ2v) is 8.73. The summed E-state index contributed by atoms with van der Waals surface area (Å²) < 4.78 is 10.3. The van der Waals surface area contributed by atoms with Crippen LogP contribution in [-0.4, -0.2) is 17.3 Å². The van der Waals surface area contributed by atoms with Crippen molar-refractivity contribution in [3.63, 3.8) is 0 Å². The van der Waals surface area contributed by atoms with E-state index in [0.717, 1.165) is 41.5 Å². The van der Waals surface area contributed by atoms with Crippen LogP contribution in [-0.2, 0) is 4.87 Å². The van der Waals surface area contributed by atoms with Gasteiger partial charge >= 0.3 is 0 Å². The number of ether oxygens (including phenoxy) is 1. The van der Waals surface area contributed by atoms with E-state index in [4.69, 9.17) is 27.9 Å². The van der Waals surface area contributed by atoms with E-state index < -0.39 is 4.87 Å². The fraction of sp³-hybridized carbons (Fsp3) is 0.421. The molecule has 0 aliphatic heterocycles. The topological polar surface area (TPSA) is 70.3 Å². The fourth-order valence-electron chi connectivity index (χ4n) is 2.66. The largest absolute Gasteiger partial charge is 0.443 e. The molecule has 1 aromatic heterocycles. The van der Waals surface area contributed by atoms with E-state index in [-0.39, 0.29) is 5.92 Å². The molecule has 142 valence electrons. The molecule has 1 heterocycles. The Morgan fingerprint density at radius 1 is 1.44 bits per heavy atom. The van der Waals surface area contributed by atoms with E-state index in [1.54, 1.807) is 13.1 Å². The van der Waals surface area contributed by atoms with E-state index in [0.29, 0.717) is 27.1 Å². The van der Waals surface area contributed by atoms with Crippen molar-refractivity contribution in [1.82, 2.24) is 4.37 Å². The lowest BCUT2D eigenvalue weighted by Crippen LogP contribution is -2.18. The van der Waals surface area contributed by atoms with Gasteiger partial charge in [-0.25, -0.2) is 0 Å². The molecular formula is C19H20Cl2N4OS. The molecule has 0 spiro atoms. The number of benzene rings is 1. The zero-order chi connectivity index (χ0) is 19.8. The third-order valence-electron chi connectivity index (χ3n) is 4.40. The molecule has 1 saturated carbocycles. The molecule has 0 unspecified atom stereocenters. The van der Waals surface area contributed by atoms with E-state index in [1.165, 1.54) is 0 Å². The summed E-state index contributed by atoms with van der Waals surface area (Å²) in [6.07, 6.45) is 1.66. The summed E-state index contributed by atoms with van der Waals surface area (Å²) in [5, 5.41) is 13.8. The molecule has 0 radical (unpaired) electrons. The van der Waals surface area contributed by atoms with Crippen molar-refractivity contribution >= 4 is 46.3 Å². The highest BCUT2D eigenvalue weighted by Crippen LogP contribution is 2.54. The third kappa shape index (κ3) is 4.06. The predicted octanol–water partition coefficient (Wildman–Crippen LogP) is 6.09. The number of aliphatic imine (C=N–C) groups is 1. The average molecular weight is 423 g/mol. The summed E-state index contributed by atoms with van der Waals surface area (Å²) >= 11 is 14.0. The molecule has 5 nitrogen and oxygen atoms in total. The van der Waals surface area contributed by atoms with E-state index in [2.05, 4.69) is 34.6 Å². The second kappa shape index (κ2) is 7.67. The average Bonchev–Trinajstić information content (AvgIpc) is 3.23. The van der Waals surface area contributed by atoms with Crippen LogP contribution >= 0.6 is 34.7 Å². The lowest BCUT2D eigenvalue weighted by Gasteiger charge is -2.16. The van der Waals surface area contributed by atoms with Crippen molar-refractivity contribution in [1.29, 1.82) is 5.26 Å². The lowest BCUT2D eigenvalue weighted by molar-refractivity contribution is 0.491. The van der Waals surface area contributed by atoms with Crippen LogP contribution in [0.3, 0.4) is 0 Å². The van der Waals surface area contributed by atoms with Gasteiger partial charge in [0.1, 0.15) is 23.2 Å². The number of nitriles is 1. The van der Waals surface area contributed by atoms with E-state index in [1.807, 2.05) is 13.0 Å². The number of hydrogen-bond donors (Lipinski definition) is 1. The van der Waals surface area contributed by atoms with Crippen LogP contribution in [0.25, 0.3) is 0 Å². The third-order valence-corrected chi connectivity index (χ3v) is 6.00. The molecule has 1 N–H and O–H groups in total. The minimum Gasteiger partial charge on any atom is -0.443 e. The highest BCUT2D eigenvalue weighted by Gasteiger charge is 2.47. The highest BCUT2D eigenvalue weighted by molar-refractivity contribution is 7.08. The van der Waals surface area contributed by atoms with Gasteiger partial charge in [0.05, 0.1) is 21.3 Å². The van der Waals surface area contributed by atoms with Crippen molar-refractivity contribution in [2.24, 2.45) is 10.9 Å². The van der Waals surface area contributed by atoms with Gasteiger partial charge in [-0.15, -0.1) is 11.6 Å². The first kappa shape index (κ1) is 19.9. The predicted molar refractivity (Wildman–Crippen MR) is 112 cm³/mol. The summed E-state index contributed by atoms with van der Waals surface area (Å²) in [5.74, 6) is 1.68. The van der Waals surface area contributed by atoms with Crippen LogP contribution in [0.5, 0.6) is 10.8 Å². The number of nitrogens with zero attached hydrogens (tertiary/aromatic N) is 3. The first-order valence-corrected chi connectivity index (χ1v) is 10.1. The molecule has 27 heavy (non-hydrogen) atoms. The standard InChI is InChI=1S/C19H20Cl2N4OS/c1-10(2)17(23-4)24-14-7-11(3)15(8-13(14)20)26-18-12(9-22)16(25-27-18)19(21)5-6-19/h7-8,10H,5-6H2,1-4H3,(H,23,24). The molecule has 8 heteroatoms. The maximum absolute atomic E-state index is 9.53. The van der Waals surface area contributed by atoms with Crippen LogP contribution in [0.15, 0.2) is 17.1 Å². The van der Waals surface area contributed by atoms with Gasteiger partial charge in [-0.3, -0.25) is 4.99 Å². The molecular weight excluding hydrogens is 403 g/mol. The first-order valence-electron chi connectivity index (χ1n) is 8.60. The zero-order valence-electron chi connectivity index (χ0n) is 15.6. The van der Waals surface area contributed by atoms with Gasteiger partial charge in [-0.05, 0) is 31.4 Å². The molecule has 2 aromatic rings. The monoisotopic (exact) mass is 422 g/mol. The van der Waals surface area contributed by atoms with Crippen LogP contribution in [0.1, 0.15) is 43.5 Å². The smallest absolute Gasteiger partial charge is 0.218 e. The van der Waals surface area contributed by atoms with Gasteiger partial charge < -0.3 is 10.1 Å². The number of hydrogen-bond acceptors (Lipinski definition) is 5. The summed E-state index contributed by atoms with van der Waals surface area (Å²) in [5.41, 5.74) is 2.67. The van der Waals surface area contributed by atoms with E-state index >= 15 is 0 Å². The van der Waals surface area contributed by atoms with Crippen LogP contribution in [0, 0.1) is 24.2 Å². The molecule has 1 fully saturated rings. The summed E-state index contributed by atoms with van der Waals surface area (Å²) in [6.45, 7) is 6.04. The Morgan fingerprint density at radius 2 is 2.15 bits per heavy atom. The zero-order valence-corrected chi connectivity index (χ0v) is 17.9. The van der Waals surface area contributed by atoms with Gasteiger partial charge in [0.15, 0.2) is 0 Å². The number of alkyl halides is 1. The number of nitrogens with one attached hydrogen (secondary N) is 1. The number of rotatable bonds is 5. The molecule has 0 bridgehead atoms. The molecule has 0 atom stereocenters. The van der Waals surface area contributed by atoms with Crippen molar-refractivity contribution in [3.05, 3.63) is 34.0 Å². The Morgan fingerprint density at radius 3 is 2.70 bits per heavy atom. The Kier molecular flexibility index (Phi) is 5.66. The first-order chi connectivity index (χ1) is 12.8. The quantitative estimate of drug-likeness (QED) is 0.359. The molecule has 0 amide bonds. The molecule has 3 rings (SSSR count). The van der Waals surface area contributed by atoms with Crippen LogP contribution < -0.4 is 10.1 Å². The van der Waals surface area contributed by atoms with Crippen molar-refractivity contribution in [2.45, 2.75) is 38.5 Å². The summed E-state index contributed by atoms with van der Waals surface area (Å²) in [6, 6.07) is 5.82. The maximum atomic E-state index is 9.53. The minimum atomic E-state index is -0.504. The van der Waals surface area contributed by atoms with E-state index in [9.17, 15) is 5.26 Å². The molecule has 0 saturated heterocycles. The Labute approximate surface area is 173 Å². The number of aromatic nitrogens is 1. The van der Waals surface area contributed by atoms with Crippen molar-refractivity contribution in [3.8, 4) is 16.9 Å². The van der Waals surface area contributed by atoms with Gasteiger partial charge in [0.2, 0.25) is 5.06 Å². The Hall–Kier alpha value is -1.81. The normalized spacial score (nSPS) is 15.6. The second-order valence-electron chi connectivity index (χ2n) is 6.86. The lowest BCUT2D eigenvalue weighted by atomic mass is 10.1. The number of amidine groups is 1. The fourth-order valence-corrected chi connectivity index (χ4v) is 3.94. The molecule has 1 aliphatic rings. The van der Waals surface area contributed by atoms with Crippen LogP contribution in [0.2, 0.25) is 5.02 Å². The van der Waals surface area contributed by atoms with Crippen LogP contribution in [0.4, 0.5) is 5.69 Å². The maximum Gasteiger partial charge on any atom is 0.218 e. The number of aryl methyl sites for hydroxylation is 1. The van der Waals surface area contributed by atoms with Gasteiger partial charge in [-0.2, -0.15) is 9.64 Å². The summed E-state index contributed by atoms with van der Waals surface area (Å²) in [4.78, 5) is 3.76. The number of halogens is 2. The number of anilines is 1.